The molecule has 0 atom stereocenters. The summed E-state index contributed by atoms with van der Waals surface area (Å²) in [5.74, 6) is 0.979. The summed E-state index contributed by atoms with van der Waals surface area (Å²) >= 11 is 3.20. The minimum Gasteiger partial charge on any atom is -0.439 e. The van der Waals surface area contributed by atoms with Gasteiger partial charge in [-0.15, -0.1) is 0 Å². The number of hydrogen-bond acceptors (Lipinski definition) is 4. The van der Waals surface area contributed by atoms with Crippen LogP contribution in [0.4, 0.5) is 5.69 Å². The number of nitro groups is 1. The van der Waals surface area contributed by atoms with Gasteiger partial charge in [-0.3, -0.25) is 10.1 Å². The van der Waals surface area contributed by atoms with Gasteiger partial charge in [-0.25, -0.2) is 4.98 Å². The van der Waals surface area contributed by atoms with Crippen molar-refractivity contribution >= 4 is 21.6 Å². The van der Waals surface area contributed by atoms with E-state index in [9.17, 15) is 10.1 Å². The average molecular weight is 309 g/mol. The lowest BCUT2D eigenvalue weighted by Gasteiger charge is -2.08. The zero-order valence-electron chi connectivity index (χ0n) is 9.46. The molecule has 0 aliphatic carbocycles. The summed E-state index contributed by atoms with van der Waals surface area (Å²) in [7, 11) is 0. The maximum absolute atomic E-state index is 10.8. The lowest BCUT2D eigenvalue weighted by Crippen LogP contribution is -1.95. The molecule has 0 bridgehead atoms. The molecule has 5 nitrogen and oxygen atoms in total. The van der Waals surface area contributed by atoms with E-state index < -0.39 is 4.92 Å². The van der Waals surface area contributed by atoms with Gasteiger partial charge in [-0.1, -0.05) is 6.07 Å². The van der Waals surface area contributed by atoms with E-state index in [0.29, 0.717) is 21.7 Å². The average Bonchev–Trinajstić information content (AvgIpc) is 2.36. The third kappa shape index (κ3) is 2.48. The number of halogens is 1. The van der Waals surface area contributed by atoms with E-state index in [1.807, 2.05) is 0 Å². The van der Waals surface area contributed by atoms with E-state index in [-0.39, 0.29) is 5.69 Å². The summed E-state index contributed by atoms with van der Waals surface area (Å²) in [6.07, 6.45) is 1.62. The van der Waals surface area contributed by atoms with Crippen molar-refractivity contribution in [1.29, 1.82) is 0 Å². The second-order valence-corrected chi connectivity index (χ2v) is 4.34. The molecule has 0 amide bonds. The van der Waals surface area contributed by atoms with Crippen LogP contribution in [0.1, 0.15) is 5.56 Å². The molecular weight excluding hydrogens is 300 g/mol. The molecule has 0 fully saturated rings. The van der Waals surface area contributed by atoms with Gasteiger partial charge in [0.2, 0.25) is 5.88 Å². The first-order valence-corrected chi connectivity index (χ1v) is 5.91. The number of pyridine rings is 1. The number of benzene rings is 1. The summed E-state index contributed by atoms with van der Waals surface area (Å²) in [4.78, 5) is 14.4. The summed E-state index contributed by atoms with van der Waals surface area (Å²) < 4.78 is 5.98. The smallest absolute Gasteiger partial charge is 0.284 e. The van der Waals surface area contributed by atoms with E-state index in [1.165, 1.54) is 6.07 Å². The van der Waals surface area contributed by atoms with Crippen molar-refractivity contribution in [3.05, 3.63) is 56.7 Å². The molecular formula is C12H9BrN2O3. The van der Waals surface area contributed by atoms with Crippen LogP contribution in [-0.2, 0) is 0 Å². The molecule has 0 saturated heterocycles. The molecule has 0 N–H and O–H groups in total. The van der Waals surface area contributed by atoms with Gasteiger partial charge in [-0.05, 0) is 35.0 Å². The van der Waals surface area contributed by atoms with Gasteiger partial charge in [0.15, 0.2) is 0 Å². The Labute approximate surface area is 112 Å². The summed E-state index contributed by atoms with van der Waals surface area (Å²) in [5, 5.41) is 10.8. The van der Waals surface area contributed by atoms with E-state index in [2.05, 4.69) is 20.9 Å². The fourth-order valence-electron chi connectivity index (χ4n) is 1.42. The molecule has 0 aliphatic heterocycles. The highest BCUT2D eigenvalue weighted by atomic mass is 79.9. The Morgan fingerprint density at radius 2 is 2.11 bits per heavy atom. The molecule has 92 valence electrons. The number of aromatic nitrogens is 1. The van der Waals surface area contributed by atoms with Crippen molar-refractivity contribution in [2.24, 2.45) is 0 Å². The first-order valence-electron chi connectivity index (χ1n) is 5.12. The number of ether oxygens (including phenoxy) is 1. The van der Waals surface area contributed by atoms with Gasteiger partial charge >= 0.3 is 0 Å². The molecule has 1 aromatic heterocycles. The van der Waals surface area contributed by atoms with E-state index in [0.717, 1.165) is 0 Å². The minimum absolute atomic E-state index is 0.0147. The van der Waals surface area contributed by atoms with Crippen LogP contribution < -0.4 is 4.74 Å². The summed E-state index contributed by atoms with van der Waals surface area (Å²) in [6.45, 7) is 1.75. The van der Waals surface area contributed by atoms with Crippen molar-refractivity contribution in [1.82, 2.24) is 4.98 Å². The largest absolute Gasteiger partial charge is 0.439 e. The first kappa shape index (κ1) is 12.5. The monoisotopic (exact) mass is 308 g/mol. The third-order valence-electron chi connectivity index (χ3n) is 2.37. The number of hydrogen-bond donors (Lipinski definition) is 0. The summed E-state index contributed by atoms with van der Waals surface area (Å²) in [5.41, 5.74) is 0.677. The molecule has 0 spiro atoms. The molecule has 2 rings (SSSR count). The molecule has 2 aromatic rings. The van der Waals surface area contributed by atoms with Crippen LogP contribution >= 0.6 is 15.9 Å². The van der Waals surface area contributed by atoms with Crippen molar-refractivity contribution in [3.8, 4) is 11.6 Å². The van der Waals surface area contributed by atoms with Crippen molar-refractivity contribution in [2.45, 2.75) is 6.92 Å². The molecule has 0 aliphatic rings. The third-order valence-corrected chi connectivity index (χ3v) is 3.37. The van der Waals surface area contributed by atoms with Crippen LogP contribution in [0.15, 0.2) is 41.0 Å². The van der Waals surface area contributed by atoms with Crippen molar-refractivity contribution < 1.29 is 9.66 Å². The van der Waals surface area contributed by atoms with Gasteiger partial charge < -0.3 is 4.74 Å². The molecule has 0 saturated carbocycles. The Morgan fingerprint density at radius 3 is 2.72 bits per heavy atom. The first-order chi connectivity index (χ1) is 8.59. The molecule has 6 heteroatoms. The fourth-order valence-corrected chi connectivity index (χ4v) is 1.90. The Bertz CT molecular complexity index is 587. The highest BCUT2D eigenvalue weighted by molar-refractivity contribution is 9.10. The zero-order chi connectivity index (χ0) is 13.1. The van der Waals surface area contributed by atoms with Crippen molar-refractivity contribution in [2.75, 3.05) is 0 Å². The Morgan fingerprint density at radius 1 is 1.33 bits per heavy atom. The standard InChI is InChI=1S/C12H9BrN2O3/c1-8-10(18-11-4-2-3-7-14-11)6-5-9(12(8)13)15(16)17/h2-7H,1H3. The molecule has 1 heterocycles. The van der Waals surface area contributed by atoms with Crippen LogP contribution in [0, 0.1) is 17.0 Å². The van der Waals surface area contributed by atoms with Crippen LogP contribution in [0.3, 0.4) is 0 Å². The van der Waals surface area contributed by atoms with Gasteiger partial charge in [0.25, 0.3) is 5.69 Å². The summed E-state index contributed by atoms with van der Waals surface area (Å²) in [6, 6.07) is 8.26. The van der Waals surface area contributed by atoms with E-state index in [1.54, 1.807) is 37.4 Å². The highest BCUT2D eigenvalue weighted by Crippen LogP contribution is 2.35. The maximum Gasteiger partial charge on any atom is 0.284 e. The highest BCUT2D eigenvalue weighted by Gasteiger charge is 2.17. The van der Waals surface area contributed by atoms with Gasteiger partial charge in [-0.2, -0.15) is 0 Å². The minimum atomic E-state index is -0.443. The molecule has 1 aromatic carbocycles. The number of nitrogens with zero attached hydrogens (tertiary/aromatic N) is 2. The van der Waals surface area contributed by atoms with Gasteiger partial charge in [0, 0.05) is 23.9 Å². The van der Waals surface area contributed by atoms with Crippen LogP contribution in [0.25, 0.3) is 0 Å². The Balaban J connectivity index is 2.36. The lowest BCUT2D eigenvalue weighted by molar-refractivity contribution is -0.385. The predicted molar refractivity (Wildman–Crippen MR) is 69.8 cm³/mol. The molecule has 0 radical (unpaired) electrons. The second kappa shape index (κ2) is 5.14. The quantitative estimate of drug-likeness (QED) is 0.638. The fraction of sp³-hybridized carbons (Fsp3) is 0.0833. The van der Waals surface area contributed by atoms with Gasteiger partial charge in [0.05, 0.1) is 4.92 Å². The van der Waals surface area contributed by atoms with Gasteiger partial charge in [0.1, 0.15) is 10.2 Å². The van der Waals surface area contributed by atoms with Crippen LogP contribution in [0.2, 0.25) is 0 Å². The lowest BCUT2D eigenvalue weighted by atomic mass is 10.2. The number of rotatable bonds is 3. The zero-order valence-corrected chi connectivity index (χ0v) is 11.0. The van der Waals surface area contributed by atoms with E-state index >= 15 is 0 Å². The Hall–Kier alpha value is -1.95. The predicted octanol–water partition coefficient (Wildman–Crippen LogP) is 3.85. The molecule has 0 unspecified atom stereocenters. The SMILES string of the molecule is Cc1c(Oc2ccccn2)ccc([N+](=O)[O-])c1Br. The molecule has 18 heavy (non-hydrogen) atoms. The normalized spacial score (nSPS) is 10.1. The topological polar surface area (TPSA) is 65.3 Å². The van der Waals surface area contributed by atoms with Crippen LogP contribution in [-0.4, -0.2) is 9.91 Å². The maximum atomic E-state index is 10.8. The Kier molecular flexibility index (Phi) is 3.57. The second-order valence-electron chi connectivity index (χ2n) is 3.55. The van der Waals surface area contributed by atoms with E-state index in [4.69, 9.17) is 4.74 Å². The van der Waals surface area contributed by atoms with Crippen molar-refractivity contribution in [3.63, 3.8) is 0 Å². The van der Waals surface area contributed by atoms with Crippen LogP contribution in [0.5, 0.6) is 11.6 Å². The number of nitro benzene ring substituents is 1.